The smallest absolute Gasteiger partial charge is 0.232 e. The van der Waals surface area contributed by atoms with E-state index in [1.165, 1.54) is 0 Å². The molecule has 0 spiro atoms. The standard InChI is InChI=1S/C12H16N4OS/c1-12(2,3)11-15-10(16-17-11)7-18-8-4-5-9(13)14-6-8/h4-6H,7H2,1-3H3,(H2,13,14). The number of hydrogen-bond acceptors (Lipinski definition) is 6. The van der Waals surface area contributed by atoms with E-state index in [0.29, 0.717) is 23.3 Å². The summed E-state index contributed by atoms with van der Waals surface area (Å²) >= 11 is 1.60. The highest BCUT2D eigenvalue weighted by Crippen LogP contribution is 2.24. The second-order valence-corrected chi connectivity index (χ2v) is 6.02. The molecular weight excluding hydrogens is 248 g/mol. The fraction of sp³-hybridized carbons (Fsp3) is 0.417. The predicted molar refractivity (Wildman–Crippen MR) is 71.2 cm³/mol. The minimum Gasteiger partial charge on any atom is -0.384 e. The number of anilines is 1. The highest BCUT2D eigenvalue weighted by atomic mass is 32.2. The van der Waals surface area contributed by atoms with Crippen LogP contribution in [0.3, 0.4) is 0 Å². The van der Waals surface area contributed by atoms with Gasteiger partial charge in [0, 0.05) is 16.5 Å². The van der Waals surface area contributed by atoms with Crippen LogP contribution in [0.2, 0.25) is 0 Å². The van der Waals surface area contributed by atoms with Crippen molar-refractivity contribution >= 4 is 17.6 Å². The number of nitrogens with zero attached hydrogens (tertiary/aromatic N) is 3. The molecule has 2 aromatic rings. The molecule has 0 saturated carbocycles. The summed E-state index contributed by atoms with van der Waals surface area (Å²) in [4.78, 5) is 9.43. The molecule has 96 valence electrons. The third kappa shape index (κ3) is 3.22. The number of nitrogens with two attached hydrogens (primary N) is 1. The second kappa shape index (κ2) is 4.97. The molecule has 2 aromatic heterocycles. The van der Waals surface area contributed by atoms with Crippen LogP contribution < -0.4 is 5.73 Å². The van der Waals surface area contributed by atoms with Crippen molar-refractivity contribution in [3.05, 3.63) is 30.0 Å². The molecule has 2 heterocycles. The molecule has 0 atom stereocenters. The first-order valence-corrected chi connectivity index (χ1v) is 6.61. The van der Waals surface area contributed by atoms with Gasteiger partial charge < -0.3 is 10.3 Å². The quantitative estimate of drug-likeness (QED) is 0.859. The van der Waals surface area contributed by atoms with Gasteiger partial charge in [-0.3, -0.25) is 0 Å². The third-order valence-corrected chi connectivity index (χ3v) is 3.21. The minimum atomic E-state index is -0.112. The number of hydrogen-bond donors (Lipinski definition) is 1. The topological polar surface area (TPSA) is 77.8 Å². The van der Waals surface area contributed by atoms with Gasteiger partial charge in [0.15, 0.2) is 5.82 Å². The molecule has 5 nitrogen and oxygen atoms in total. The van der Waals surface area contributed by atoms with Crippen LogP contribution in [-0.2, 0) is 11.2 Å². The first-order valence-electron chi connectivity index (χ1n) is 5.62. The molecule has 18 heavy (non-hydrogen) atoms. The van der Waals surface area contributed by atoms with Gasteiger partial charge in [0.1, 0.15) is 5.82 Å². The minimum absolute atomic E-state index is 0.112. The van der Waals surface area contributed by atoms with E-state index in [9.17, 15) is 0 Å². The Morgan fingerprint density at radius 3 is 2.67 bits per heavy atom. The Balaban J connectivity index is 1.98. The van der Waals surface area contributed by atoms with E-state index < -0.39 is 0 Å². The lowest BCUT2D eigenvalue weighted by Gasteiger charge is -2.10. The zero-order valence-electron chi connectivity index (χ0n) is 10.7. The fourth-order valence-electron chi connectivity index (χ4n) is 1.24. The predicted octanol–water partition coefficient (Wildman–Crippen LogP) is 2.64. The van der Waals surface area contributed by atoms with E-state index in [2.05, 4.69) is 15.1 Å². The first-order chi connectivity index (χ1) is 8.45. The maximum atomic E-state index is 5.53. The second-order valence-electron chi connectivity index (χ2n) is 4.97. The molecule has 0 aliphatic carbocycles. The van der Waals surface area contributed by atoms with Crippen LogP contribution >= 0.6 is 11.8 Å². The largest absolute Gasteiger partial charge is 0.384 e. The molecule has 0 fully saturated rings. The Kier molecular flexibility index (Phi) is 3.56. The van der Waals surface area contributed by atoms with Crippen molar-refractivity contribution in [2.24, 2.45) is 0 Å². The average molecular weight is 264 g/mol. The van der Waals surface area contributed by atoms with E-state index >= 15 is 0 Å². The average Bonchev–Trinajstić information content (AvgIpc) is 2.77. The summed E-state index contributed by atoms with van der Waals surface area (Å²) in [5.74, 6) is 2.54. The van der Waals surface area contributed by atoms with Gasteiger partial charge in [-0.1, -0.05) is 25.9 Å². The van der Waals surface area contributed by atoms with Crippen molar-refractivity contribution in [1.82, 2.24) is 15.1 Å². The molecule has 0 saturated heterocycles. The molecule has 0 aliphatic rings. The molecule has 2 rings (SSSR count). The monoisotopic (exact) mass is 264 g/mol. The zero-order chi connectivity index (χ0) is 13.2. The van der Waals surface area contributed by atoms with Crippen molar-refractivity contribution in [3.8, 4) is 0 Å². The van der Waals surface area contributed by atoms with E-state index in [0.717, 1.165) is 4.90 Å². The highest BCUT2D eigenvalue weighted by Gasteiger charge is 2.21. The lowest BCUT2D eigenvalue weighted by Crippen LogP contribution is -2.11. The number of nitrogen functional groups attached to an aromatic ring is 1. The molecule has 6 heteroatoms. The van der Waals surface area contributed by atoms with Crippen LogP contribution in [0, 0.1) is 0 Å². The van der Waals surface area contributed by atoms with E-state index in [1.807, 2.05) is 26.8 Å². The summed E-state index contributed by atoms with van der Waals surface area (Å²) in [5, 5.41) is 3.96. The van der Waals surface area contributed by atoms with Gasteiger partial charge in [-0.25, -0.2) is 4.98 Å². The number of aromatic nitrogens is 3. The summed E-state index contributed by atoms with van der Waals surface area (Å²) in [6.45, 7) is 6.13. The lowest BCUT2D eigenvalue weighted by molar-refractivity contribution is 0.319. The summed E-state index contributed by atoms with van der Waals surface area (Å²) in [6, 6.07) is 3.71. The maximum Gasteiger partial charge on any atom is 0.232 e. The van der Waals surface area contributed by atoms with Gasteiger partial charge in [0.25, 0.3) is 0 Å². The van der Waals surface area contributed by atoms with E-state index in [1.54, 1.807) is 24.0 Å². The molecule has 2 N–H and O–H groups in total. The van der Waals surface area contributed by atoms with Gasteiger partial charge in [-0.2, -0.15) is 4.98 Å². The third-order valence-electron chi connectivity index (χ3n) is 2.24. The van der Waals surface area contributed by atoms with Crippen molar-refractivity contribution in [1.29, 1.82) is 0 Å². The lowest BCUT2D eigenvalue weighted by atomic mass is 9.97. The van der Waals surface area contributed by atoms with Crippen LogP contribution in [0.15, 0.2) is 27.7 Å². The van der Waals surface area contributed by atoms with Crippen LogP contribution in [0.1, 0.15) is 32.5 Å². The number of rotatable bonds is 3. The molecular formula is C12H16N4OS. The zero-order valence-corrected chi connectivity index (χ0v) is 11.5. The Bertz CT molecular complexity index is 516. The normalized spacial score (nSPS) is 11.7. The van der Waals surface area contributed by atoms with Gasteiger partial charge in [0.05, 0.1) is 5.75 Å². The van der Waals surface area contributed by atoms with Crippen molar-refractivity contribution in [2.75, 3.05) is 5.73 Å². The molecule has 0 radical (unpaired) electrons. The molecule has 0 bridgehead atoms. The Labute approximate surface area is 110 Å². The summed E-state index contributed by atoms with van der Waals surface area (Å²) < 4.78 is 5.23. The van der Waals surface area contributed by atoms with Crippen molar-refractivity contribution in [3.63, 3.8) is 0 Å². The first kappa shape index (κ1) is 12.9. The van der Waals surface area contributed by atoms with Crippen LogP contribution in [0.25, 0.3) is 0 Å². The summed E-state index contributed by atoms with van der Waals surface area (Å²) in [5.41, 5.74) is 5.41. The fourth-order valence-corrected chi connectivity index (χ4v) is 1.95. The maximum absolute atomic E-state index is 5.53. The number of thioether (sulfide) groups is 1. The van der Waals surface area contributed by atoms with Crippen LogP contribution in [-0.4, -0.2) is 15.1 Å². The molecule has 0 unspecified atom stereocenters. The van der Waals surface area contributed by atoms with Crippen LogP contribution in [0.5, 0.6) is 0 Å². The van der Waals surface area contributed by atoms with E-state index in [-0.39, 0.29) is 5.41 Å². The van der Waals surface area contributed by atoms with Gasteiger partial charge in [-0.15, -0.1) is 11.8 Å². The molecule has 0 aliphatic heterocycles. The Hall–Kier alpha value is -1.56. The van der Waals surface area contributed by atoms with Gasteiger partial charge >= 0.3 is 0 Å². The highest BCUT2D eigenvalue weighted by molar-refractivity contribution is 7.98. The SMILES string of the molecule is CC(C)(C)c1nc(CSc2ccc(N)nc2)no1. The van der Waals surface area contributed by atoms with Crippen molar-refractivity contribution < 1.29 is 4.52 Å². The summed E-state index contributed by atoms with van der Waals surface area (Å²) in [6.07, 6.45) is 1.74. The number of pyridine rings is 1. The van der Waals surface area contributed by atoms with E-state index in [4.69, 9.17) is 10.3 Å². The summed E-state index contributed by atoms with van der Waals surface area (Å²) in [7, 11) is 0. The van der Waals surface area contributed by atoms with Crippen LogP contribution in [0.4, 0.5) is 5.82 Å². The van der Waals surface area contributed by atoms with Gasteiger partial charge in [0.2, 0.25) is 5.89 Å². The Morgan fingerprint density at radius 1 is 1.33 bits per heavy atom. The van der Waals surface area contributed by atoms with Gasteiger partial charge in [-0.05, 0) is 12.1 Å². The molecule has 0 amide bonds. The van der Waals surface area contributed by atoms with Crippen molar-refractivity contribution in [2.45, 2.75) is 36.8 Å². The Morgan fingerprint density at radius 2 is 2.11 bits per heavy atom. The molecule has 0 aromatic carbocycles.